The van der Waals surface area contributed by atoms with Crippen LogP contribution in [-0.2, 0) is 9.59 Å². The largest absolute Gasteiger partial charge is 0.481 e. The molecule has 0 radical (unpaired) electrons. The first-order valence-corrected chi connectivity index (χ1v) is 5.08. The van der Waals surface area contributed by atoms with E-state index in [1.807, 2.05) is 6.92 Å². The summed E-state index contributed by atoms with van der Waals surface area (Å²) in [5.74, 6) is -1.10. The van der Waals surface area contributed by atoms with E-state index in [0.717, 1.165) is 6.42 Å². The van der Waals surface area contributed by atoms with Crippen molar-refractivity contribution < 1.29 is 14.7 Å². The summed E-state index contributed by atoms with van der Waals surface area (Å²) < 4.78 is 0. The highest BCUT2D eigenvalue weighted by Crippen LogP contribution is 2.22. The van der Waals surface area contributed by atoms with E-state index in [0.29, 0.717) is 19.4 Å². The monoisotopic (exact) mass is 199 g/mol. The number of rotatable bonds is 2. The lowest BCUT2D eigenvalue weighted by Crippen LogP contribution is -2.47. The average Bonchev–Trinajstić information content (AvgIpc) is 2.17. The maximum atomic E-state index is 11.5. The van der Waals surface area contributed by atoms with Crippen LogP contribution in [-0.4, -0.2) is 34.5 Å². The zero-order valence-corrected chi connectivity index (χ0v) is 8.69. The topological polar surface area (TPSA) is 57.6 Å². The number of likely N-dealkylation sites (tertiary alicyclic amines) is 1. The Labute approximate surface area is 83.9 Å². The van der Waals surface area contributed by atoms with Crippen LogP contribution < -0.4 is 0 Å². The van der Waals surface area contributed by atoms with Crippen LogP contribution in [0.3, 0.4) is 0 Å². The van der Waals surface area contributed by atoms with Gasteiger partial charge >= 0.3 is 5.97 Å². The van der Waals surface area contributed by atoms with Crippen molar-refractivity contribution in [1.29, 1.82) is 0 Å². The molecule has 1 rings (SSSR count). The van der Waals surface area contributed by atoms with Gasteiger partial charge in [0, 0.05) is 19.0 Å². The van der Waals surface area contributed by atoms with Gasteiger partial charge in [-0.1, -0.05) is 6.92 Å². The van der Waals surface area contributed by atoms with E-state index >= 15 is 0 Å². The molecule has 2 atom stereocenters. The summed E-state index contributed by atoms with van der Waals surface area (Å²) in [6, 6.07) is 0.193. The number of hydrogen-bond acceptors (Lipinski definition) is 2. The van der Waals surface area contributed by atoms with Crippen molar-refractivity contribution >= 4 is 11.9 Å². The number of carbonyl (C=O) groups excluding carboxylic acids is 1. The number of carboxylic acid groups (broad SMARTS) is 1. The lowest BCUT2D eigenvalue weighted by molar-refractivity contribution is -0.147. The second-order valence-corrected chi connectivity index (χ2v) is 3.86. The lowest BCUT2D eigenvalue weighted by atomic mass is 9.93. The molecule has 0 bridgehead atoms. The van der Waals surface area contributed by atoms with Crippen LogP contribution in [0.1, 0.15) is 33.1 Å². The Balaban J connectivity index is 2.64. The van der Waals surface area contributed by atoms with E-state index in [1.54, 1.807) is 11.8 Å². The van der Waals surface area contributed by atoms with Gasteiger partial charge in [0.15, 0.2) is 0 Å². The fourth-order valence-electron chi connectivity index (χ4n) is 1.86. The Hall–Kier alpha value is -1.06. The summed E-state index contributed by atoms with van der Waals surface area (Å²) in [5.41, 5.74) is 0. The standard InChI is InChI=1S/C10H17NO3/c1-3-9(12)11-6-8(10(13)14)5-4-7(11)2/h7-8H,3-6H2,1-2H3,(H,13,14). The number of carboxylic acids is 1. The molecule has 0 aromatic rings. The van der Waals surface area contributed by atoms with E-state index in [-0.39, 0.29) is 17.9 Å². The summed E-state index contributed by atoms with van der Waals surface area (Å²) in [6.45, 7) is 4.16. The molecule has 0 saturated carbocycles. The van der Waals surface area contributed by atoms with Crippen molar-refractivity contribution in [2.45, 2.75) is 39.2 Å². The zero-order valence-electron chi connectivity index (χ0n) is 8.69. The van der Waals surface area contributed by atoms with Gasteiger partial charge in [-0.15, -0.1) is 0 Å². The summed E-state index contributed by atoms with van der Waals surface area (Å²) in [6.07, 6.45) is 1.93. The van der Waals surface area contributed by atoms with Crippen LogP contribution in [0.4, 0.5) is 0 Å². The van der Waals surface area contributed by atoms with Crippen LogP contribution in [0.15, 0.2) is 0 Å². The molecule has 1 heterocycles. The first kappa shape index (κ1) is 11.0. The van der Waals surface area contributed by atoms with E-state index in [1.165, 1.54) is 0 Å². The Kier molecular flexibility index (Phi) is 3.49. The van der Waals surface area contributed by atoms with Crippen LogP contribution in [0, 0.1) is 5.92 Å². The number of nitrogens with zero attached hydrogens (tertiary/aromatic N) is 1. The highest BCUT2D eigenvalue weighted by Gasteiger charge is 2.31. The SMILES string of the molecule is CCC(=O)N1CC(C(=O)O)CCC1C. The smallest absolute Gasteiger partial charge is 0.308 e. The number of hydrogen-bond donors (Lipinski definition) is 1. The first-order chi connectivity index (χ1) is 6.56. The maximum absolute atomic E-state index is 11.5. The minimum Gasteiger partial charge on any atom is -0.481 e. The molecule has 2 unspecified atom stereocenters. The van der Waals surface area contributed by atoms with Crippen molar-refractivity contribution in [3.8, 4) is 0 Å². The molecule has 0 spiro atoms. The third-order valence-corrected chi connectivity index (χ3v) is 2.85. The molecule has 0 aromatic carbocycles. The number of aliphatic carboxylic acids is 1. The van der Waals surface area contributed by atoms with Crippen molar-refractivity contribution in [2.24, 2.45) is 5.92 Å². The fraction of sp³-hybridized carbons (Fsp3) is 0.800. The number of carbonyl (C=O) groups is 2. The van der Waals surface area contributed by atoms with Gasteiger partial charge in [-0.05, 0) is 19.8 Å². The average molecular weight is 199 g/mol. The Morgan fingerprint density at radius 2 is 2.07 bits per heavy atom. The van der Waals surface area contributed by atoms with E-state index < -0.39 is 5.97 Å². The second-order valence-electron chi connectivity index (χ2n) is 3.86. The predicted octanol–water partition coefficient (Wildman–Crippen LogP) is 1.11. The van der Waals surface area contributed by atoms with Crippen molar-refractivity contribution in [2.75, 3.05) is 6.54 Å². The predicted molar refractivity (Wildman–Crippen MR) is 51.8 cm³/mol. The molecule has 1 fully saturated rings. The van der Waals surface area contributed by atoms with Gasteiger partial charge in [0.05, 0.1) is 5.92 Å². The van der Waals surface area contributed by atoms with Crippen LogP contribution >= 0.6 is 0 Å². The molecule has 1 saturated heterocycles. The van der Waals surface area contributed by atoms with Crippen LogP contribution in [0.5, 0.6) is 0 Å². The third kappa shape index (κ3) is 2.25. The first-order valence-electron chi connectivity index (χ1n) is 5.08. The zero-order chi connectivity index (χ0) is 10.7. The van der Waals surface area contributed by atoms with Gasteiger partial charge in [0.2, 0.25) is 5.91 Å². The molecule has 0 aromatic heterocycles. The molecule has 1 aliphatic heterocycles. The van der Waals surface area contributed by atoms with Gasteiger partial charge < -0.3 is 10.0 Å². The van der Waals surface area contributed by atoms with Crippen molar-refractivity contribution in [1.82, 2.24) is 4.90 Å². The van der Waals surface area contributed by atoms with E-state index in [2.05, 4.69) is 0 Å². The molecule has 4 heteroatoms. The number of piperidine rings is 1. The minimum atomic E-state index is -0.786. The molecular weight excluding hydrogens is 182 g/mol. The molecule has 1 N–H and O–H groups in total. The Bertz CT molecular complexity index is 240. The molecule has 80 valence electrons. The van der Waals surface area contributed by atoms with Gasteiger partial charge in [-0.3, -0.25) is 9.59 Å². The second kappa shape index (κ2) is 4.44. The molecule has 14 heavy (non-hydrogen) atoms. The quantitative estimate of drug-likeness (QED) is 0.724. The van der Waals surface area contributed by atoms with Crippen molar-refractivity contribution in [3.63, 3.8) is 0 Å². The van der Waals surface area contributed by atoms with Gasteiger partial charge in [-0.2, -0.15) is 0 Å². The summed E-state index contributed by atoms with van der Waals surface area (Å²) in [7, 11) is 0. The van der Waals surface area contributed by atoms with Crippen LogP contribution in [0.2, 0.25) is 0 Å². The third-order valence-electron chi connectivity index (χ3n) is 2.85. The highest BCUT2D eigenvalue weighted by molar-refractivity contribution is 5.78. The summed E-state index contributed by atoms with van der Waals surface area (Å²) in [5, 5.41) is 8.86. The van der Waals surface area contributed by atoms with Gasteiger partial charge in [0.25, 0.3) is 0 Å². The maximum Gasteiger partial charge on any atom is 0.308 e. The summed E-state index contributed by atoms with van der Waals surface area (Å²) >= 11 is 0. The van der Waals surface area contributed by atoms with Gasteiger partial charge in [0.1, 0.15) is 0 Å². The Morgan fingerprint density at radius 3 is 2.57 bits per heavy atom. The Morgan fingerprint density at radius 1 is 1.43 bits per heavy atom. The van der Waals surface area contributed by atoms with Crippen LogP contribution in [0.25, 0.3) is 0 Å². The van der Waals surface area contributed by atoms with E-state index in [4.69, 9.17) is 5.11 Å². The molecular formula is C10H17NO3. The summed E-state index contributed by atoms with van der Waals surface area (Å²) in [4.78, 5) is 24.0. The molecule has 1 aliphatic rings. The highest BCUT2D eigenvalue weighted by atomic mass is 16.4. The van der Waals surface area contributed by atoms with Gasteiger partial charge in [-0.25, -0.2) is 0 Å². The van der Waals surface area contributed by atoms with E-state index in [9.17, 15) is 9.59 Å². The lowest BCUT2D eigenvalue weighted by Gasteiger charge is -2.36. The molecule has 0 aliphatic carbocycles. The van der Waals surface area contributed by atoms with Crippen molar-refractivity contribution in [3.05, 3.63) is 0 Å². The minimum absolute atomic E-state index is 0.0588. The normalized spacial score (nSPS) is 27.4. The number of amides is 1. The molecule has 4 nitrogen and oxygen atoms in total. The molecule has 1 amide bonds. The fourth-order valence-corrected chi connectivity index (χ4v) is 1.86.